The van der Waals surface area contributed by atoms with Crippen LogP contribution in [0.25, 0.3) is 0 Å². The summed E-state index contributed by atoms with van der Waals surface area (Å²) in [7, 11) is 0. The average molecular weight is 180 g/mol. The first-order valence-corrected chi connectivity index (χ1v) is 4.14. The molecule has 1 rings (SSSR count). The van der Waals surface area contributed by atoms with Gasteiger partial charge in [-0.2, -0.15) is 0 Å². The molecule has 1 atom stereocenters. The molecule has 13 heavy (non-hydrogen) atoms. The molecule has 2 amide bonds. The van der Waals surface area contributed by atoms with Crippen molar-refractivity contribution in [3.05, 3.63) is 0 Å². The molecule has 0 saturated carbocycles. The van der Waals surface area contributed by atoms with E-state index >= 15 is 0 Å². The fourth-order valence-corrected chi connectivity index (χ4v) is 1.39. The minimum atomic E-state index is -0.370. The third-order valence-corrected chi connectivity index (χ3v) is 1.96. The van der Waals surface area contributed by atoms with Crippen LogP contribution >= 0.6 is 0 Å². The summed E-state index contributed by atoms with van der Waals surface area (Å²) in [5, 5.41) is 2.58. The Morgan fingerprint density at radius 1 is 1.85 bits per heavy atom. The molecule has 1 heterocycles. The lowest BCUT2D eigenvalue weighted by Crippen LogP contribution is -2.40. The van der Waals surface area contributed by atoms with Crippen LogP contribution in [-0.2, 0) is 9.59 Å². The van der Waals surface area contributed by atoms with Gasteiger partial charge in [-0.1, -0.05) is 5.92 Å². The summed E-state index contributed by atoms with van der Waals surface area (Å²) in [5.74, 6) is 2.15. The molecule has 1 N–H and O–H groups in total. The maximum atomic E-state index is 11.4. The van der Waals surface area contributed by atoms with Gasteiger partial charge in [0.15, 0.2) is 0 Å². The van der Waals surface area contributed by atoms with E-state index in [-0.39, 0.29) is 17.9 Å². The van der Waals surface area contributed by atoms with E-state index in [0.29, 0.717) is 19.5 Å². The normalized spacial score (nSPS) is 21.4. The van der Waals surface area contributed by atoms with Gasteiger partial charge < -0.3 is 10.2 Å². The Labute approximate surface area is 77.3 Å². The summed E-state index contributed by atoms with van der Waals surface area (Å²) in [6, 6.07) is -0.370. The van der Waals surface area contributed by atoms with Crippen LogP contribution in [0.4, 0.5) is 0 Å². The second-order valence-corrected chi connectivity index (χ2v) is 3.01. The lowest BCUT2D eigenvalue weighted by molar-refractivity contribution is -0.131. The van der Waals surface area contributed by atoms with Crippen molar-refractivity contribution in [3.8, 4) is 12.3 Å². The zero-order valence-electron chi connectivity index (χ0n) is 7.54. The van der Waals surface area contributed by atoms with Crippen LogP contribution < -0.4 is 5.32 Å². The molecule has 0 spiro atoms. The Morgan fingerprint density at radius 3 is 3.08 bits per heavy atom. The Hall–Kier alpha value is -1.50. The summed E-state index contributed by atoms with van der Waals surface area (Å²) in [6.07, 6.45) is 5.74. The van der Waals surface area contributed by atoms with Crippen LogP contribution in [0.1, 0.15) is 13.3 Å². The van der Waals surface area contributed by atoms with Crippen LogP contribution in [0.5, 0.6) is 0 Å². The molecule has 1 saturated heterocycles. The van der Waals surface area contributed by atoms with E-state index in [1.807, 2.05) is 0 Å². The van der Waals surface area contributed by atoms with Gasteiger partial charge in [-0.05, 0) is 6.42 Å². The zero-order chi connectivity index (χ0) is 9.84. The molecule has 0 unspecified atom stereocenters. The predicted octanol–water partition coefficient (Wildman–Crippen LogP) is -0.643. The molecular weight excluding hydrogens is 168 g/mol. The van der Waals surface area contributed by atoms with Gasteiger partial charge in [0, 0.05) is 13.5 Å². The van der Waals surface area contributed by atoms with Gasteiger partial charge >= 0.3 is 0 Å². The molecule has 0 aromatic carbocycles. The van der Waals surface area contributed by atoms with Gasteiger partial charge in [0.2, 0.25) is 11.8 Å². The predicted molar refractivity (Wildman–Crippen MR) is 47.6 cm³/mol. The molecule has 0 aromatic heterocycles. The van der Waals surface area contributed by atoms with E-state index in [2.05, 4.69) is 11.2 Å². The van der Waals surface area contributed by atoms with E-state index < -0.39 is 0 Å². The highest BCUT2D eigenvalue weighted by molar-refractivity contribution is 5.88. The second-order valence-electron chi connectivity index (χ2n) is 3.01. The van der Waals surface area contributed by atoms with Gasteiger partial charge in [-0.3, -0.25) is 9.59 Å². The zero-order valence-corrected chi connectivity index (χ0v) is 7.54. The highest BCUT2D eigenvalue weighted by Gasteiger charge is 2.31. The van der Waals surface area contributed by atoms with E-state index in [1.54, 1.807) is 4.90 Å². The van der Waals surface area contributed by atoms with Gasteiger partial charge in [0.05, 0.1) is 6.54 Å². The van der Waals surface area contributed by atoms with Crippen LogP contribution in [0, 0.1) is 12.3 Å². The standard InChI is InChI=1S/C9H12N2O2/c1-3-5-11-6-4-8(9(11)13)10-7(2)12/h1,8H,4-6H2,2H3,(H,10,12)/t8-/m0/s1. The van der Waals surface area contributed by atoms with Crippen molar-refractivity contribution < 1.29 is 9.59 Å². The molecule has 4 heteroatoms. The maximum Gasteiger partial charge on any atom is 0.246 e. The van der Waals surface area contributed by atoms with Crippen LogP contribution in [0.2, 0.25) is 0 Å². The number of amides is 2. The fourth-order valence-electron chi connectivity index (χ4n) is 1.39. The van der Waals surface area contributed by atoms with Crippen LogP contribution in [0.3, 0.4) is 0 Å². The van der Waals surface area contributed by atoms with Gasteiger partial charge in [-0.25, -0.2) is 0 Å². The summed E-state index contributed by atoms with van der Waals surface area (Å²) in [6.45, 7) is 2.36. The molecule has 0 radical (unpaired) electrons. The summed E-state index contributed by atoms with van der Waals surface area (Å²) in [4.78, 5) is 23.7. The van der Waals surface area contributed by atoms with Crippen molar-refractivity contribution in [2.75, 3.05) is 13.1 Å². The summed E-state index contributed by atoms with van der Waals surface area (Å²) < 4.78 is 0. The largest absolute Gasteiger partial charge is 0.344 e. The molecule has 4 nitrogen and oxygen atoms in total. The lowest BCUT2D eigenvalue weighted by atomic mass is 10.2. The monoisotopic (exact) mass is 180 g/mol. The van der Waals surface area contributed by atoms with Crippen LogP contribution in [0.15, 0.2) is 0 Å². The molecule has 70 valence electrons. The highest BCUT2D eigenvalue weighted by atomic mass is 16.2. The number of likely N-dealkylation sites (tertiary alicyclic amines) is 1. The van der Waals surface area contributed by atoms with E-state index in [0.717, 1.165) is 0 Å². The minimum Gasteiger partial charge on any atom is -0.344 e. The van der Waals surface area contributed by atoms with Crippen LogP contribution in [-0.4, -0.2) is 35.8 Å². The first kappa shape index (κ1) is 9.59. The number of carbonyl (C=O) groups excluding carboxylic acids is 2. The van der Waals surface area contributed by atoms with Gasteiger partial charge in [0.25, 0.3) is 0 Å². The number of carbonyl (C=O) groups is 2. The van der Waals surface area contributed by atoms with Crippen molar-refractivity contribution in [2.45, 2.75) is 19.4 Å². The average Bonchev–Trinajstić information content (AvgIpc) is 2.36. The van der Waals surface area contributed by atoms with E-state index in [4.69, 9.17) is 6.42 Å². The smallest absolute Gasteiger partial charge is 0.246 e. The number of nitrogens with zero attached hydrogens (tertiary/aromatic N) is 1. The van der Waals surface area contributed by atoms with Crippen molar-refractivity contribution in [2.24, 2.45) is 0 Å². The fraction of sp³-hybridized carbons (Fsp3) is 0.556. The van der Waals surface area contributed by atoms with Crippen molar-refractivity contribution in [1.29, 1.82) is 0 Å². The van der Waals surface area contributed by atoms with Gasteiger partial charge in [0.1, 0.15) is 6.04 Å². The van der Waals surface area contributed by atoms with E-state index in [1.165, 1.54) is 6.92 Å². The molecule has 0 aliphatic carbocycles. The third kappa shape index (κ3) is 2.22. The Morgan fingerprint density at radius 2 is 2.54 bits per heavy atom. The number of hydrogen-bond acceptors (Lipinski definition) is 2. The lowest BCUT2D eigenvalue weighted by Gasteiger charge is -2.13. The number of terminal acetylenes is 1. The van der Waals surface area contributed by atoms with Gasteiger partial charge in [-0.15, -0.1) is 6.42 Å². The first-order valence-electron chi connectivity index (χ1n) is 4.14. The van der Waals surface area contributed by atoms with Crippen molar-refractivity contribution in [3.63, 3.8) is 0 Å². The topological polar surface area (TPSA) is 49.4 Å². The molecule has 0 aromatic rings. The van der Waals surface area contributed by atoms with E-state index in [9.17, 15) is 9.59 Å². The van der Waals surface area contributed by atoms with Crippen molar-refractivity contribution >= 4 is 11.8 Å². The molecule has 1 aliphatic heterocycles. The molecule has 1 fully saturated rings. The maximum absolute atomic E-state index is 11.4. The second kappa shape index (κ2) is 3.94. The Bertz CT molecular complexity index is 267. The third-order valence-electron chi connectivity index (χ3n) is 1.96. The molecule has 1 aliphatic rings. The minimum absolute atomic E-state index is 0.0758. The number of nitrogens with one attached hydrogen (secondary N) is 1. The number of hydrogen-bond donors (Lipinski definition) is 1. The Balaban J connectivity index is 2.51. The highest BCUT2D eigenvalue weighted by Crippen LogP contribution is 2.09. The molecular formula is C9H12N2O2. The summed E-state index contributed by atoms with van der Waals surface area (Å²) in [5.41, 5.74) is 0. The number of rotatable bonds is 2. The molecule has 0 bridgehead atoms. The Kier molecular flexibility index (Phi) is 2.91. The van der Waals surface area contributed by atoms with Crippen molar-refractivity contribution in [1.82, 2.24) is 10.2 Å². The first-order chi connectivity index (χ1) is 6.15. The summed E-state index contributed by atoms with van der Waals surface area (Å²) >= 11 is 0. The quantitative estimate of drug-likeness (QED) is 0.574. The SMILES string of the molecule is C#CCN1CC[C@H](NC(C)=O)C1=O.